The van der Waals surface area contributed by atoms with E-state index in [0.717, 1.165) is 4.90 Å². The van der Waals surface area contributed by atoms with Gasteiger partial charge in [0, 0.05) is 12.7 Å². The molecule has 1 aromatic rings. The second-order valence-corrected chi connectivity index (χ2v) is 7.72. The number of amides is 4. The molecule has 0 unspecified atom stereocenters. The lowest BCUT2D eigenvalue weighted by Crippen LogP contribution is -2.99. The molecule has 0 aromatic heterocycles. The van der Waals surface area contributed by atoms with E-state index >= 15 is 0 Å². The average Bonchev–Trinajstić information content (AvgIpc) is 3.20. The van der Waals surface area contributed by atoms with Crippen molar-refractivity contribution < 1.29 is 29.2 Å². The number of fused-ring (bicyclic) bond motifs is 4. The fraction of sp³-hybridized carbons (Fsp3) is 0.444. The number of nitrogens with one attached hydrogen (secondary N) is 1. The molecule has 10 heteroatoms. The van der Waals surface area contributed by atoms with Crippen LogP contribution in [0, 0.1) is 11.8 Å². The lowest BCUT2D eigenvalue weighted by atomic mass is 9.76. The maximum atomic E-state index is 13.2. The van der Waals surface area contributed by atoms with Gasteiger partial charge in [0.25, 0.3) is 5.91 Å². The average molecular weight is 408 g/mol. The van der Waals surface area contributed by atoms with Crippen LogP contribution in [0.15, 0.2) is 18.2 Å². The molecule has 5 N–H and O–H groups in total. The van der Waals surface area contributed by atoms with Crippen LogP contribution in [-0.2, 0) is 29.5 Å². The second kappa shape index (κ2) is 6.54. The minimum Gasteiger partial charge on any atom is -0.383 e. The Morgan fingerprint density at radius 3 is 2.79 bits per heavy atom. The van der Waals surface area contributed by atoms with E-state index in [1.165, 1.54) is 7.11 Å². The quantitative estimate of drug-likeness (QED) is 0.513. The Morgan fingerprint density at radius 1 is 1.36 bits per heavy atom. The number of methoxy groups -OCH3 is 1. The molecule has 28 heavy (non-hydrogen) atoms. The van der Waals surface area contributed by atoms with E-state index in [-0.39, 0.29) is 19.6 Å². The van der Waals surface area contributed by atoms with Crippen LogP contribution in [0.2, 0.25) is 5.02 Å². The predicted octanol–water partition coefficient (Wildman–Crippen LogP) is -1.44. The molecular weight excluding hydrogens is 388 g/mol. The molecule has 9 nitrogen and oxygen atoms in total. The van der Waals surface area contributed by atoms with Crippen LogP contribution >= 0.6 is 11.6 Å². The van der Waals surface area contributed by atoms with Crippen molar-refractivity contribution in [1.29, 1.82) is 0 Å². The van der Waals surface area contributed by atoms with Crippen molar-refractivity contribution in [2.75, 3.05) is 25.6 Å². The molecule has 0 aliphatic carbocycles. The Balaban J connectivity index is 1.85. The molecule has 1 aromatic carbocycles. The molecule has 3 heterocycles. The lowest BCUT2D eigenvalue weighted by molar-refractivity contribution is -0.732. The number of benzene rings is 1. The molecule has 0 radical (unpaired) electrons. The number of hydrogen-bond donors (Lipinski definition) is 3. The first-order valence-electron chi connectivity index (χ1n) is 8.92. The number of para-hydroxylation sites is 1. The van der Waals surface area contributed by atoms with Crippen molar-refractivity contribution in [3.8, 4) is 0 Å². The molecule has 0 saturated carbocycles. The van der Waals surface area contributed by atoms with Gasteiger partial charge in [-0.25, -0.2) is 0 Å². The minimum atomic E-state index is -1.36. The van der Waals surface area contributed by atoms with Crippen molar-refractivity contribution in [3.05, 3.63) is 28.8 Å². The second-order valence-electron chi connectivity index (χ2n) is 7.31. The summed E-state index contributed by atoms with van der Waals surface area (Å²) >= 11 is 6.24. The Bertz CT molecular complexity index is 906. The number of ether oxygens (including phenoxy) is 1. The highest BCUT2D eigenvalue weighted by atomic mass is 35.5. The number of rotatable bonds is 5. The monoisotopic (exact) mass is 407 g/mol. The van der Waals surface area contributed by atoms with E-state index in [1.807, 2.05) is 0 Å². The zero-order chi connectivity index (χ0) is 20.2. The first-order valence-corrected chi connectivity index (χ1v) is 9.29. The number of nitrogens with two attached hydrogens (primary N) is 2. The van der Waals surface area contributed by atoms with Gasteiger partial charge >= 0.3 is 0 Å². The Kier molecular flexibility index (Phi) is 4.40. The number of likely N-dealkylation sites (tertiary alicyclic amines) is 1. The highest BCUT2D eigenvalue weighted by Crippen LogP contribution is 2.50. The maximum Gasteiger partial charge on any atom is 0.291 e. The third-order valence-electron chi connectivity index (χ3n) is 5.90. The number of carbonyl (C=O) groups excluding carboxylic acids is 4. The van der Waals surface area contributed by atoms with Gasteiger partial charge in [-0.3, -0.25) is 24.1 Å². The van der Waals surface area contributed by atoms with E-state index in [2.05, 4.69) is 5.32 Å². The number of primary amides is 1. The number of nitrogens with zero attached hydrogens (tertiary/aromatic N) is 1. The number of imide groups is 1. The first-order chi connectivity index (χ1) is 13.3. The zero-order valence-electron chi connectivity index (χ0n) is 15.1. The fourth-order valence-corrected chi connectivity index (χ4v) is 5.06. The molecule has 148 valence electrons. The van der Waals surface area contributed by atoms with Crippen LogP contribution in [0.4, 0.5) is 5.69 Å². The number of anilines is 1. The number of quaternary nitrogens is 1. The van der Waals surface area contributed by atoms with Crippen LogP contribution in [0.25, 0.3) is 0 Å². The van der Waals surface area contributed by atoms with Crippen molar-refractivity contribution in [1.82, 2.24) is 4.90 Å². The molecule has 1 spiro atoms. The highest BCUT2D eigenvalue weighted by Gasteiger charge is 2.74. The maximum absolute atomic E-state index is 13.2. The Labute approximate surface area is 165 Å². The van der Waals surface area contributed by atoms with Crippen molar-refractivity contribution in [2.24, 2.45) is 17.6 Å². The van der Waals surface area contributed by atoms with Gasteiger partial charge in [-0.1, -0.05) is 17.7 Å². The van der Waals surface area contributed by atoms with Crippen LogP contribution < -0.4 is 16.4 Å². The third kappa shape index (κ3) is 2.40. The molecule has 4 rings (SSSR count). The Hall–Kier alpha value is -2.49. The van der Waals surface area contributed by atoms with Gasteiger partial charge in [-0.15, -0.1) is 0 Å². The SMILES string of the molecule is COCCN1C(=O)[C@H]2[C@@H](C1=O)[C@]1([NH2+][C@@H]2CC(N)=O)C(=O)Nc2c(Cl)cccc21. The molecule has 4 atom stereocenters. The number of halogens is 1. The zero-order valence-corrected chi connectivity index (χ0v) is 15.9. The number of hydrogen-bond acceptors (Lipinski definition) is 5. The van der Waals surface area contributed by atoms with E-state index in [9.17, 15) is 19.2 Å². The van der Waals surface area contributed by atoms with Crippen molar-refractivity contribution >= 4 is 40.9 Å². The lowest BCUT2D eigenvalue weighted by Gasteiger charge is -2.26. The summed E-state index contributed by atoms with van der Waals surface area (Å²) in [5.74, 6) is -3.65. The largest absolute Gasteiger partial charge is 0.383 e. The third-order valence-corrected chi connectivity index (χ3v) is 6.22. The molecule has 0 bridgehead atoms. The van der Waals surface area contributed by atoms with Crippen LogP contribution in [0.1, 0.15) is 12.0 Å². The van der Waals surface area contributed by atoms with Crippen LogP contribution in [0.5, 0.6) is 0 Å². The summed E-state index contributed by atoms with van der Waals surface area (Å²) in [4.78, 5) is 52.2. The molecular formula is C18H20ClN4O5+. The van der Waals surface area contributed by atoms with Gasteiger partial charge in [-0.2, -0.15) is 0 Å². The van der Waals surface area contributed by atoms with Gasteiger partial charge in [0.1, 0.15) is 17.9 Å². The summed E-state index contributed by atoms with van der Waals surface area (Å²) in [6.07, 6.45) is -0.122. The smallest absolute Gasteiger partial charge is 0.291 e. The highest BCUT2D eigenvalue weighted by molar-refractivity contribution is 6.35. The molecule has 3 aliphatic rings. The molecule has 2 saturated heterocycles. The summed E-state index contributed by atoms with van der Waals surface area (Å²) in [5, 5.41) is 4.75. The first kappa shape index (κ1) is 18.9. The summed E-state index contributed by atoms with van der Waals surface area (Å²) in [6.45, 7) is 0.271. The van der Waals surface area contributed by atoms with Gasteiger partial charge in [0.05, 0.1) is 30.3 Å². The topological polar surface area (TPSA) is 135 Å². The summed E-state index contributed by atoms with van der Waals surface area (Å²) in [6, 6.07) is 4.42. The molecule has 4 amide bonds. The van der Waals surface area contributed by atoms with E-state index in [0.29, 0.717) is 16.3 Å². The van der Waals surface area contributed by atoms with Crippen LogP contribution in [-0.4, -0.2) is 54.8 Å². The van der Waals surface area contributed by atoms with Gasteiger partial charge in [0.15, 0.2) is 0 Å². The molecule has 2 fully saturated rings. The number of carbonyl (C=O) groups is 4. The van der Waals surface area contributed by atoms with Gasteiger partial charge < -0.3 is 21.1 Å². The molecule has 3 aliphatic heterocycles. The summed E-state index contributed by atoms with van der Waals surface area (Å²) in [7, 11) is 1.47. The normalized spacial score (nSPS) is 30.7. The van der Waals surface area contributed by atoms with Crippen molar-refractivity contribution in [2.45, 2.75) is 18.0 Å². The van der Waals surface area contributed by atoms with Gasteiger partial charge in [0.2, 0.25) is 23.3 Å². The van der Waals surface area contributed by atoms with Crippen molar-refractivity contribution in [3.63, 3.8) is 0 Å². The summed E-state index contributed by atoms with van der Waals surface area (Å²) in [5.41, 5.74) is 4.99. The predicted molar refractivity (Wildman–Crippen MR) is 96.9 cm³/mol. The minimum absolute atomic E-state index is 0.0879. The summed E-state index contributed by atoms with van der Waals surface area (Å²) < 4.78 is 5.00. The Morgan fingerprint density at radius 2 is 2.11 bits per heavy atom. The van der Waals surface area contributed by atoms with E-state index in [4.69, 9.17) is 22.1 Å². The van der Waals surface area contributed by atoms with E-state index < -0.39 is 47.0 Å². The van der Waals surface area contributed by atoms with E-state index in [1.54, 1.807) is 23.5 Å². The van der Waals surface area contributed by atoms with Crippen LogP contribution in [0.3, 0.4) is 0 Å². The fourth-order valence-electron chi connectivity index (χ4n) is 4.84. The van der Waals surface area contributed by atoms with Gasteiger partial charge in [-0.05, 0) is 12.1 Å². The standard InChI is InChI=1S/C18H19ClN4O5/c1-28-6-5-23-15(25)12-10(7-11(20)24)22-18(13(12)16(23)26)8-3-2-4-9(19)14(8)21-17(18)27/h2-4,10,12-13,22H,5-7H2,1H3,(H2,20,24)(H,21,27)/p+1/t10-,12-,13+,18+/m1/s1.